The molecule has 0 aliphatic carbocycles. The highest BCUT2D eigenvalue weighted by Crippen LogP contribution is 2.18. The van der Waals surface area contributed by atoms with Gasteiger partial charge in [-0.1, -0.05) is 333 Å². The average molecular weight is 1070 g/mol. The first-order chi connectivity index (χ1) is 37.5. The summed E-state index contributed by atoms with van der Waals surface area (Å²) >= 11 is 0. The van der Waals surface area contributed by atoms with Gasteiger partial charge in [-0.05, 0) is 64.2 Å². The van der Waals surface area contributed by atoms with E-state index in [9.17, 15) is 19.8 Å². The molecular weight excluding hydrogens is 935 g/mol. The molecule has 0 saturated carbocycles. The smallest absolute Gasteiger partial charge is 0.305 e. The zero-order chi connectivity index (χ0) is 55.0. The Morgan fingerprint density at radius 2 is 0.658 bits per heavy atom. The molecule has 0 radical (unpaired) electrons. The molecule has 0 aliphatic heterocycles. The summed E-state index contributed by atoms with van der Waals surface area (Å²) in [5, 5.41) is 23.2. The van der Waals surface area contributed by atoms with Gasteiger partial charge < -0.3 is 20.3 Å². The van der Waals surface area contributed by atoms with Crippen molar-refractivity contribution in [2.75, 3.05) is 13.2 Å². The number of carbonyl (C=O) groups excluding carboxylic acids is 2. The average Bonchev–Trinajstić information content (AvgIpc) is 3.42. The minimum atomic E-state index is -0.842. The summed E-state index contributed by atoms with van der Waals surface area (Å²) in [6.45, 7) is 4.90. The molecular formula is C70H133NO5. The van der Waals surface area contributed by atoms with Crippen LogP contribution >= 0.6 is 0 Å². The van der Waals surface area contributed by atoms with Crippen LogP contribution in [-0.2, 0) is 14.3 Å². The van der Waals surface area contributed by atoms with Crippen molar-refractivity contribution in [3.8, 4) is 0 Å². The maximum atomic E-state index is 12.5. The van der Waals surface area contributed by atoms with Crippen molar-refractivity contribution in [3.05, 3.63) is 36.5 Å². The number of aliphatic hydroxyl groups excluding tert-OH is 2. The van der Waals surface area contributed by atoms with E-state index >= 15 is 0 Å². The summed E-state index contributed by atoms with van der Waals surface area (Å²) in [6.07, 6.45) is 83.6. The molecule has 1 amide bonds. The fraction of sp³-hybridized carbons (Fsp3) is 0.886. The summed E-state index contributed by atoms with van der Waals surface area (Å²) < 4.78 is 5.49. The fourth-order valence-electron chi connectivity index (χ4n) is 10.7. The Hall–Kier alpha value is -1.92. The lowest BCUT2D eigenvalue weighted by Gasteiger charge is -2.20. The largest absolute Gasteiger partial charge is 0.466 e. The second kappa shape index (κ2) is 65.6. The SMILES string of the molecule is CCCCC/C=C\C/C=C\CCCCCCCC(=O)OCCCCCCCCCCCCCCCCCCCCCCCCCCCCCCCC(=O)N[C@@H](CO)[C@H](O)/C=C/CCCCCCCCCCCCCCC. The van der Waals surface area contributed by atoms with Crippen LogP contribution in [0.15, 0.2) is 36.5 Å². The van der Waals surface area contributed by atoms with Crippen molar-refractivity contribution < 1.29 is 24.5 Å². The predicted molar refractivity (Wildman–Crippen MR) is 333 cm³/mol. The van der Waals surface area contributed by atoms with E-state index in [0.717, 1.165) is 51.4 Å². The Kier molecular flexibility index (Phi) is 63.9. The quantitative estimate of drug-likeness (QED) is 0.0320. The van der Waals surface area contributed by atoms with E-state index in [0.29, 0.717) is 19.4 Å². The van der Waals surface area contributed by atoms with Crippen molar-refractivity contribution >= 4 is 11.9 Å². The first kappa shape index (κ1) is 74.1. The van der Waals surface area contributed by atoms with Gasteiger partial charge in [-0.3, -0.25) is 9.59 Å². The predicted octanol–water partition coefficient (Wildman–Crippen LogP) is 21.9. The molecule has 6 nitrogen and oxygen atoms in total. The third-order valence-corrected chi connectivity index (χ3v) is 15.9. The molecule has 0 spiro atoms. The minimum Gasteiger partial charge on any atom is -0.466 e. The highest BCUT2D eigenvalue weighted by molar-refractivity contribution is 5.76. The molecule has 0 aliphatic rings. The van der Waals surface area contributed by atoms with Gasteiger partial charge >= 0.3 is 5.97 Å². The summed E-state index contributed by atoms with van der Waals surface area (Å²) in [4.78, 5) is 24.5. The van der Waals surface area contributed by atoms with E-state index in [1.165, 1.54) is 295 Å². The molecule has 0 saturated heterocycles. The van der Waals surface area contributed by atoms with Gasteiger partial charge in [0.05, 0.1) is 25.4 Å². The van der Waals surface area contributed by atoms with E-state index in [1.807, 2.05) is 6.08 Å². The molecule has 0 rings (SSSR count). The van der Waals surface area contributed by atoms with Gasteiger partial charge in [-0.15, -0.1) is 0 Å². The van der Waals surface area contributed by atoms with Crippen molar-refractivity contribution in [2.45, 2.75) is 386 Å². The molecule has 0 bridgehead atoms. The first-order valence-corrected chi connectivity index (χ1v) is 34.3. The topological polar surface area (TPSA) is 95.9 Å². The van der Waals surface area contributed by atoms with Crippen LogP contribution in [0.2, 0.25) is 0 Å². The van der Waals surface area contributed by atoms with E-state index in [4.69, 9.17) is 4.74 Å². The molecule has 3 N–H and O–H groups in total. The lowest BCUT2D eigenvalue weighted by Crippen LogP contribution is -2.45. The third kappa shape index (κ3) is 61.3. The van der Waals surface area contributed by atoms with Gasteiger partial charge in [0.2, 0.25) is 5.91 Å². The summed E-state index contributed by atoms with van der Waals surface area (Å²) in [6, 6.07) is -0.625. The van der Waals surface area contributed by atoms with Gasteiger partial charge in [0.15, 0.2) is 0 Å². The Morgan fingerprint density at radius 3 is 1.03 bits per heavy atom. The highest BCUT2D eigenvalue weighted by atomic mass is 16.5. The van der Waals surface area contributed by atoms with Crippen LogP contribution < -0.4 is 5.32 Å². The normalized spacial score (nSPS) is 12.7. The third-order valence-electron chi connectivity index (χ3n) is 15.9. The summed E-state index contributed by atoms with van der Waals surface area (Å²) in [7, 11) is 0. The maximum Gasteiger partial charge on any atom is 0.305 e. The van der Waals surface area contributed by atoms with Gasteiger partial charge in [-0.2, -0.15) is 0 Å². The van der Waals surface area contributed by atoms with E-state index in [2.05, 4.69) is 43.5 Å². The van der Waals surface area contributed by atoms with Crippen LogP contribution in [0, 0.1) is 0 Å². The molecule has 2 atom stereocenters. The maximum absolute atomic E-state index is 12.5. The zero-order valence-corrected chi connectivity index (χ0v) is 51.3. The molecule has 0 aromatic carbocycles. The molecule has 0 unspecified atom stereocenters. The number of amides is 1. The van der Waals surface area contributed by atoms with Crippen molar-refractivity contribution in [1.29, 1.82) is 0 Å². The number of unbranched alkanes of at least 4 members (excludes halogenated alkanes) is 49. The molecule has 6 heteroatoms. The number of hydrogen-bond acceptors (Lipinski definition) is 5. The standard InChI is InChI=1S/C70H133NO5/c1-3-5-7-9-11-13-15-17-34-38-42-46-50-54-58-62-68(73)67(66-72)71-69(74)63-59-55-51-47-43-39-36-32-30-28-26-24-22-20-19-21-23-25-27-29-31-33-37-41-45-49-53-57-61-65-76-70(75)64-60-56-52-48-44-40-35-18-16-14-12-10-8-6-4-2/h12,14,18,35,58,62,67-68,72-73H,3-11,13,15-17,19-34,36-57,59-61,63-66H2,1-2H3,(H,71,74)/b14-12-,35-18-,62-58+/t67-,68+/m0/s1. The number of aliphatic hydroxyl groups is 2. The molecule has 76 heavy (non-hydrogen) atoms. The van der Waals surface area contributed by atoms with Gasteiger partial charge in [0.1, 0.15) is 0 Å². The van der Waals surface area contributed by atoms with Gasteiger partial charge in [-0.25, -0.2) is 0 Å². The number of rotatable bonds is 64. The zero-order valence-electron chi connectivity index (χ0n) is 51.3. The Bertz CT molecular complexity index is 1230. The van der Waals surface area contributed by atoms with Crippen LogP contribution in [0.25, 0.3) is 0 Å². The Balaban J connectivity index is 3.35. The molecule has 448 valence electrons. The summed E-state index contributed by atoms with van der Waals surface area (Å²) in [5.74, 6) is -0.0573. The lowest BCUT2D eigenvalue weighted by molar-refractivity contribution is -0.143. The number of carbonyl (C=O) groups is 2. The second-order valence-electron chi connectivity index (χ2n) is 23.5. The number of ether oxygens (including phenoxy) is 1. The number of hydrogen-bond donors (Lipinski definition) is 3. The Morgan fingerprint density at radius 1 is 0.368 bits per heavy atom. The highest BCUT2D eigenvalue weighted by Gasteiger charge is 2.18. The van der Waals surface area contributed by atoms with Crippen molar-refractivity contribution in [1.82, 2.24) is 5.32 Å². The first-order valence-electron chi connectivity index (χ1n) is 34.3. The van der Waals surface area contributed by atoms with E-state index < -0.39 is 12.1 Å². The van der Waals surface area contributed by atoms with Crippen LogP contribution in [-0.4, -0.2) is 47.4 Å². The molecule has 0 aromatic heterocycles. The van der Waals surface area contributed by atoms with Gasteiger partial charge in [0, 0.05) is 12.8 Å². The van der Waals surface area contributed by atoms with Crippen LogP contribution in [0.3, 0.4) is 0 Å². The second-order valence-corrected chi connectivity index (χ2v) is 23.5. The number of esters is 1. The van der Waals surface area contributed by atoms with Crippen LogP contribution in [0.5, 0.6) is 0 Å². The summed E-state index contributed by atoms with van der Waals surface area (Å²) in [5.41, 5.74) is 0. The molecule has 0 fully saturated rings. The van der Waals surface area contributed by atoms with E-state index in [-0.39, 0.29) is 18.5 Å². The molecule has 0 aromatic rings. The Labute approximate surface area is 474 Å². The number of nitrogens with one attached hydrogen (secondary N) is 1. The van der Waals surface area contributed by atoms with Crippen LogP contribution in [0.4, 0.5) is 0 Å². The minimum absolute atomic E-state index is 0.00531. The lowest BCUT2D eigenvalue weighted by atomic mass is 10.0. The van der Waals surface area contributed by atoms with Crippen molar-refractivity contribution in [3.63, 3.8) is 0 Å². The van der Waals surface area contributed by atoms with Crippen molar-refractivity contribution in [2.24, 2.45) is 0 Å². The van der Waals surface area contributed by atoms with E-state index in [1.54, 1.807) is 6.08 Å². The monoisotopic (exact) mass is 1070 g/mol. The van der Waals surface area contributed by atoms with Crippen LogP contribution in [0.1, 0.15) is 373 Å². The van der Waals surface area contributed by atoms with Gasteiger partial charge in [0.25, 0.3) is 0 Å². The molecule has 0 heterocycles. The number of allylic oxidation sites excluding steroid dienone is 5. The fourth-order valence-corrected chi connectivity index (χ4v) is 10.7.